The Morgan fingerprint density at radius 2 is 2.22 bits per heavy atom. The molecule has 0 saturated carbocycles. The minimum Gasteiger partial charge on any atom is -0.443 e. The molecule has 0 unspecified atom stereocenters. The van der Waals surface area contributed by atoms with Gasteiger partial charge in [-0.2, -0.15) is 0 Å². The summed E-state index contributed by atoms with van der Waals surface area (Å²) in [5, 5.41) is 3.36. The first kappa shape index (κ1) is 12.6. The van der Waals surface area contributed by atoms with E-state index in [9.17, 15) is 4.79 Å². The van der Waals surface area contributed by atoms with Gasteiger partial charge in [0.2, 0.25) is 0 Å². The van der Waals surface area contributed by atoms with Gasteiger partial charge in [-0.3, -0.25) is 4.79 Å². The molecule has 2 rings (SSSR count). The third-order valence-electron chi connectivity index (χ3n) is 2.29. The Bertz CT molecular complexity index is 564. The Morgan fingerprint density at radius 1 is 1.44 bits per heavy atom. The van der Waals surface area contributed by atoms with Crippen LogP contribution in [0.5, 0.6) is 0 Å². The van der Waals surface area contributed by atoms with E-state index < -0.39 is 0 Å². The van der Waals surface area contributed by atoms with Gasteiger partial charge in [-0.25, -0.2) is 4.98 Å². The van der Waals surface area contributed by atoms with E-state index in [1.807, 2.05) is 19.9 Å². The molecule has 0 aliphatic heterocycles. The molecule has 0 spiro atoms. The molecule has 5 heteroatoms. The van der Waals surface area contributed by atoms with Crippen molar-refractivity contribution in [2.75, 3.05) is 0 Å². The van der Waals surface area contributed by atoms with Crippen molar-refractivity contribution in [3.05, 3.63) is 41.4 Å². The number of benzene rings is 1. The van der Waals surface area contributed by atoms with Gasteiger partial charge in [-0.15, -0.1) is 0 Å². The van der Waals surface area contributed by atoms with Crippen molar-refractivity contribution in [3.63, 3.8) is 0 Å². The number of nitrogens with one attached hydrogen (secondary N) is 1. The Hall–Kier alpha value is -1.81. The van der Waals surface area contributed by atoms with E-state index in [-0.39, 0.29) is 17.6 Å². The number of halogens is 1. The molecule has 0 bridgehead atoms. The van der Waals surface area contributed by atoms with Crippen molar-refractivity contribution < 1.29 is 9.21 Å². The standard InChI is InChI=1S/C13H13ClN2O2/c1-8(2)16-13(17)11-12(18-7-15-11)9-4-3-5-10(14)6-9/h3-8H,1-2H3,(H,16,17). The van der Waals surface area contributed by atoms with E-state index in [1.54, 1.807) is 18.2 Å². The van der Waals surface area contributed by atoms with Crippen molar-refractivity contribution in [2.24, 2.45) is 0 Å². The topological polar surface area (TPSA) is 55.1 Å². The molecule has 1 amide bonds. The molecule has 1 N–H and O–H groups in total. The number of nitrogens with zero attached hydrogens (tertiary/aromatic N) is 1. The van der Waals surface area contributed by atoms with Gasteiger partial charge in [0.25, 0.3) is 5.91 Å². The smallest absolute Gasteiger partial charge is 0.274 e. The van der Waals surface area contributed by atoms with Gasteiger partial charge in [0.1, 0.15) is 0 Å². The second-order valence-electron chi connectivity index (χ2n) is 4.17. The highest BCUT2D eigenvalue weighted by atomic mass is 35.5. The van der Waals surface area contributed by atoms with Gasteiger partial charge < -0.3 is 9.73 Å². The monoisotopic (exact) mass is 264 g/mol. The fourth-order valence-electron chi connectivity index (χ4n) is 1.57. The lowest BCUT2D eigenvalue weighted by Crippen LogP contribution is -2.30. The number of hydrogen-bond donors (Lipinski definition) is 1. The van der Waals surface area contributed by atoms with Crippen molar-refractivity contribution >= 4 is 17.5 Å². The molecular weight excluding hydrogens is 252 g/mol. The first-order chi connectivity index (χ1) is 8.58. The van der Waals surface area contributed by atoms with Gasteiger partial charge in [0.15, 0.2) is 17.8 Å². The zero-order chi connectivity index (χ0) is 13.1. The van der Waals surface area contributed by atoms with E-state index in [4.69, 9.17) is 16.0 Å². The summed E-state index contributed by atoms with van der Waals surface area (Å²) in [5.41, 5.74) is 1.000. The van der Waals surface area contributed by atoms with Crippen LogP contribution in [0.2, 0.25) is 5.02 Å². The second-order valence-corrected chi connectivity index (χ2v) is 4.61. The molecule has 4 nitrogen and oxygen atoms in total. The minimum absolute atomic E-state index is 0.0430. The van der Waals surface area contributed by atoms with E-state index in [0.29, 0.717) is 10.8 Å². The molecule has 0 radical (unpaired) electrons. The van der Waals surface area contributed by atoms with Gasteiger partial charge in [-0.05, 0) is 26.0 Å². The SMILES string of the molecule is CC(C)NC(=O)c1ncoc1-c1cccc(Cl)c1. The predicted molar refractivity (Wildman–Crippen MR) is 69.6 cm³/mol. The molecule has 0 fully saturated rings. The molecule has 0 aliphatic rings. The van der Waals surface area contributed by atoms with Gasteiger partial charge in [-0.1, -0.05) is 23.7 Å². The summed E-state index contributed by atoms with van der Waals surface area (Å²) in [6, 6.07) is 7.15. The predicted octanol–water partition coefficient (Wildman–Crippen LogP) is 3.13. The normalized spacial score (nSPS) is 10.7. The van der Waals surface area contributed by atoms with Crippen LogP contribution in [0.25, 0.3) is 11.3 Å². The average Bonchev–Trinajstić information content (AvgIpc) is 2.76. The molecule has 2 aromatic rings. The number of carbonyl (C=O) groups excluding carboxylic acids is 1. The minimum atomic E-state index is -0.256. The Kier molecular flexibility index (Phi) is 3.67. The maximum Gasteiger partial charge on any atom is 0.274 e. The third-order valence-corrected chi connectivity index (χ3v) is 2.52. The number of oxazole rings is 1. The number of amides is 1. The zero-order valence-electron chi connectivity index (χ0n) is 10.1. The molecule has 0 atom stereocenters. The van der Waals surface area contributed by atoms with E-state index in [0.717, 1.165) is 5.56 Å². The summed E-state index contributed by atoms with van der Waals surface area (Å²) in [5.74, 6) is 0.171. The maximum atomic E-state index is 11.9. The van der Waals surface area contributed by atoms with Crippen LogP contribution in [0.1, 0.15) is 24.3 Å². The largest absolute Gasteiger partial charge is 0.443 e. The molecule has 94 valence electrons. The molecule has 1 heterocycles. The average molecular weight is 265 g/mol. The van der Waals surface area contributed by atoms with Crippen LogP contribution in [-0.2, 0) is 0 Å². The zero-order valence-corrected chi connectivity index (χ0v) is 10.9. The van der Waals surface area contributed by atoms with Crippen LogP contribution >= 0.6 is 11.6 Å². The van der Waals surface area contributed by atoms with Crippen molar-refractivity contribution in [1.29, 1.82) is 0 Å². The van der Waals surface area contributed by atoms with Crippen LogP contribution in [0, 0.1) is 0 Å². The van der Waals surface area contributed by atoms with Crippen molar-refractivity contribution in [2.45, 2.75) is 19.9 Å². The van der Waals surface area contributed by atoms with Crippen LogP contribution < -0.4 is 5.32 Å². The molecule has 0 aliphatic carbocycles. The Morgan fingerprint density at radius 3 is 2.89 bits per heavy atom. The Labute approximate surface area is 110 Å². The molecule has 1 aromatic carbocycles. The van der Waals surface area contributed by atoms with E-state index in [2.05, 4.69) is 10.3 Å². The quantitative estimate of drug-likeness (QED) is 0.927. The lowest BCUT2D eigenvalue weighted by Gasteiger charge is -2.07. The Balaban J connectivity index is 2.36. The van der Waals surface area contributed by atoms with Crippen LogP contribution in [-0.4, -0.2) is 16.9 Å². The first-order valence-corrected chi connectivity index (χ1v) is 5.96. The van der Waals surface area contributed by atoms with Crippen LogP contribution in [0.15, 0.2) is 35.1 Å². The summed E-state index contributed by atoms with van der Waals surface area (Å²) in [6.45, 7) is 3.77. The first-order valence-electron chi connectivity index (χ1n) is 5.58. The number of hydrogen-bond acceptors (Lipinski definition) is 3. The molecule has 18 heavy (non-hydrogen) atoms. The number of carbonyl (C=O) groups is 1. The summed E-state index contributed by atoms with van der Waals surface area (Å²) in [6.07, 6.45) is 1.26. The van der Waals surface area contributed by atoms with Crippen molar-refractivity contribution in [3.8, 4) is 11.3 Å². The maximum absolute atomic E-state index is 11.9. The number of rotatable bonds is 3. The summed E-state index contributed by atoms with van der Waals surface area (Å²) in [4.78, 5) is 15.9. The number of aromatic nitrogens is 1. The summed E-state index contributed by atoms with van der Waals surface area (Å²) < 4.78 is 5.28. The molecule has 1 aromatic heterocycles. The highest BCUT2D eigenvalue weighted by Gasteiger charge is 2.18. The van der Waals surface area contributed by atoms with Crippen LogP contribution in [0.3, 0.4) is 0 Å². The van der Waals surface area contributed by atoms with Crippen LogP contribution in [0.4, 0.5) is 0 Å². The summed E-state index contributed by atoms with van der Waals surface area (Å²) >= 11 is 5.92. The van der Waals surface area contributed by atoms with Gasteiger partial charge in [0, 0.05) is 16.6 Å². The lowest BCUT2D eigenvalue weighted by atomic mass is 10.1. The fraction of sp³-hybridized carbons (Fsp3) is 0.231. The fourth-order valence-corrected chi connectivity index (χ4v) is 1.76. The highest BCUT2D eigenvalue weighted by molar-refractivity contribution is 6.30. The van der Waals surface area contributed by atoms with E-state index >= 15 is 0 Å². The summed E-state index contributed by atoms with van der Waals surface area (Å²) in [7, 11) is 0. The molecule has 0 saturated heterocycles. The highest BCUT2D eigenvalue weighted by Crippen LogP contribution is 2.25. The second kappa shape index (κ2) is 5.23. The van der Waals surface area contributed by atoms with Crippen molar-refractivity contribution in [1.82, 2.24) is 10.3 Å². The van der Waals surface area contributed by atoms with Gasteiger partial charge in [0.05, 0.1) is 0 Å². The van der Waals surface area contributed by atoms with Gasteiger partial charge >= 0.3 is 0 Å². The van der Waals surface area contributed by atoms with E-state index in [1.165, 1.54) is 6.39 Å². The molecular formula is C13H13ClN2O2. The lowest BCUT2D eigenvalue weighted by molar-refractivity contribution is 0.0939. The third kappa shape index (κ3) is 2.71.